The van der Waals surface area contributed by atoms with E-state index in [-0.39, 0.29) is 5.97 Å². The number of carbonyl (C=O) groups excluding carboxylic acids is 1. The summed E-state index contributed by atoms with van der Waals surface area (Å²) >= 11 is 0. The van der Waals surface area contributed by atoms with Crippen molar-refractivity contribution in [1.82, 2.24) is 4.90 Å². The molecule has 1 rings (SSSR count). The van der Waals surface area contributed by atoms with Gasteiger partial charge in [-0.25, -0.2) is 0 Å². The maximum Gasteiger partial charge on any atom is 0.307 e. The van der Waals surface area contributed by atoms with Crippen LogP contribution < -0.4 is 0 Å². The first kappa shape index (κ1) is 18.7. The molecule has 0 bridgehead atoms. The molecule has 1 N–H and O–H groups in total. The molecule has 0 fully saturated rings. The van der Waals surface area contributed by atoms with Crippen LogP contribution in [0.5, 0.6) is 0 Å². The Bertz CT molecular complexity index is 430. The van der Waals surface area contributed by atoms with Gasteiger partial charge in [0, 0.05) is 13.1 Å². The van der Waals surface area contributed by atoms with E-state index in [0.717, 1.165) is 24.9 Å². The van der Waals surface area contributed by atoms with Gasteiger partial charge in [0.2, 0.25) is 0 Å². The van der Waals surface area contributed by atoms with Crippen LogP contribution in [-0.4, -0.2) is 42.7 Å². The monoisotopic (exact) mass is 307 g/mol. The summed E-state index contributed by atoms with van der Waals surface area (Å²) in [6.45, 7) is 5.80. The van der Waals surface area contributed by atoms with Crippen LogP contribution >= 0.6 is 0 Å². The van der Waals surface area contributed by atoms with Crippen LogP contribution in [0, 0.1) is 0 Å². The molecule has 0 heterocycles. The number of rotatable bonds is 10. The number of aliphatic hydroxyl groups is 1. The van der Waals surface area contributed by atoms with Gasteiger partial charge in [0.15, 0.2) is 0 Å². The van der Waals surface area contributed by atoms with E-state index in [9.17, 15) is 9.90 Å². The second-order valence-corrected chi connectivity index (χ2v) is 5.65. The topological polar surface area (TPSA) is 49.8 Å². The van der Waals surface area contributed by atoms with Crippen LogP contribution in [0.25, 0.3) is 0 Å². The molecule has 0 saturated carbocycles. The summed E-state index contributed by atoms with van der Waals surface area (Å²) < 4.78 is 4.90. The molecule has 0 aliphatic rings. The van der Waals surface area contributed by atoms with Gasteiger partial charge in [-0.05, 0) is 37.9 Å². The van der Waals surface area contributed by atoms with Crippen molar-refractivity contribution in [3.8, 4) is 0 Å². The van der Waals surface area contributed by atoms with E-state index in [0.29, 0.717) is 26.0 Å². The lowest BCUT2D eigenvalue weighted by molar-refractivity contribution is -0.143. The van der Waals surface area contributed by atoms with Crippen LogP contribution in [0.15, 0.2) is 24.3 Å². The molecule has 22 heavy (non-hydrogen) atoms. The van der Waals surface area contributed by atoms with Gasteiger partial charge in [-0.15, -0.1) is 0 Å². The number of esters is 1. The second-order valence-electron chi connectivity index (χ2n) is 5.65. The number of carbonyl (C=O) groups is 1. The van der Waals surface area contributed by atoms with Crippen molar-refractivity contribution in [3.05, 3.63) is 35.4 Å². The molecule has 0 aliphatic carbocycles. The average molecular weight is 307 g/mol. The highest BCUT2D eigenvalue weighted by atomic mass is 16.5. The first-order chi connectivity index (χ1) is 10.6. The third-order valence-electron chi connectivity index (χ3n) is 3.69. The fourth-order valence-electron chi connectivity index (χ4n) is 2.33. The van der Waals surface area contributed by atoms with Crippen molar-refractivity contribution < 1.29 is 14.6 Å². The molecule has 1 aromatic carbocycles. The van der Waals surface area contributed by atoms with Gasteiger partial charge in [-0.1, -0.05) is 37.6 Å². The largest absolute Gasteiger partial charge is 0.466 e. The third-order valence-corrected chi connectivity index (χ3v) is 3.69. The van der Waals surface area contributed by atoms with E-state index in [4.69, 9.17) is 4.74 Å². The number of ether oxygens (including phenoxy) is 1. The Hall–Kier alpha value is -1.39. The smallest absolute Gasteiger partial charge is 0.307 e. The molecule has 0 radical (unpaired) electrons. The Morgan fingerprint density at radius 1 is 1.23 bits per heavy atom. The molecular formula is C18H29NO3. The van der Waals surface area contributed by atoms with Crippen molar-refractivity contribution in [1.29, 1.82) is 0 Å². The first-order valence-electron chi connectivity index (χ1n) is 8.17. The Balaban J connectivity index is 2.32. The van der Waals surface area contributed by atoms with Gasteiger partial charge in [-0.2, -0.15) is 0 Å². The lowest BCUT2D eigenvalue weighted by atomic mass is 10.0. The Labute approximate surface area is 134 Å². The predicted molar refractivity (Wildman–Crippen MR) is 88.8 cm³/mol. The molecule has 0 amide bonds. The zero-order valence-corrected chi connectivity index (χ0v) is 14.0. The summed E-state index contributed by atoms with van der Waals surface area (Å²) in [7, 11) is 1.95. The van der Waals surface area contributed by atoms with Crippen LogP contribution in [0.4, 0.5) is 0 Å². The third kappa shape index (κ3) is 7.05. The first-order valence-corrected chi connectivity index (χ1v) is 8.17. The standard InChI is InChI=1S/C18H29NO3/c1-4-6-15-7-9-16(10-8-15)17(20)11-13-19(3)14-12-18(21)22-5-2/h7-10,17,20H,4-6,11-14H2,1-3H3. The SMILES string of the molecule is CCCc1ccc(C(O)CCN(C)CCC(=O)OCC)cc1. The van der Waals surface area contributed by atoms with Crippen LogP contribution in [-0.2, 0) is 16.0 Å². The second kappa shape index (κ2) is 10.4. The minimum atomic E-state index is -0.458. The van der Waals surface area contributed by atoms with Crippen LogP contribution in [0.2, 0.25) is 0 Å². The molecule has 1 atom stereocenters. The number of hydrogen-bond donors (Lipinski definition) is 1. The number of aryl methyl sites for hydroxylation is 1. The van der Waals surface area contributed by atoms with Crippen molar-refractivity contribution in [3.63, 3.8) is 0 Å². The summed E-state index contributed by atoms with van der Waals surface area (Å²) in [5.41, 5.74) is 2.27. The maximum absolute atomic E-state index is 11.3. The number of aliphatic hydroxyl groups excluding tert-OH is 1. The Morgan fingerprint density at radius 2 is 1.91 bits per heavy atom. The fourth-order valence-corrected chi connectivity index (χ4v) is 2.33. The lowest BCUT2D eigenvalue weighted by Gasteiger charge is -2.18. The van der Waals surface area contributed by atoms with Gasteiger partial charge < -0.3 is 14.7 Å². The molecule has 1 aromatic rings. The summed E-state index contributed by atoms with van der Waals surface area (Å²) in [6.07, 6.45) is 2.80. The van der Waals surface area contributed by atoms with Crippen molar-refractivity contribution >= 4 is 5.97 Å². The Kier molecular flexibility index (Phi) is 8.78. The quantitative estimate of drug-likeness (QED) is 0.675. The van der Waals surface area contributed by atoms with E-state index in [1.165, 1.54) is 5.56 Å². The zero-order chi connectivity index (χ0) is 16.4. The fraction of sp³-hybridized carbons (Fsp3) is 0.611. The predicted octanol–water partition coefficient (Wildman–Crippen LogP) is 2.95. The zero-order valence-electron chi connectivity index (χ0n) is 14.0. The van der Waals surface area contributed by atoms with Gasteiger partial charge in [0.25, 0.3) is 0 Å². The Morgan fingerprint density at radius 3 is 2.50 bits per heavy atom. The molecule has 124 valence electrons. The normalized spacial score (nSPS) is 12.4. The highest BCUT2D eigenvalue weighted by Crippen LogP contribution is 2.18. The molecule has 4 heteroatoms. The van der Waals surface area contributed by atoms with Crippen LogP contribution in [0.1, 0.15) is 50.3 Å². The van der Waals surface area contributed by atoms with E-state index >= 15 is 0 Å². The molecule has 0 aliphatic heterocycles. The highest BCUT2D eigenvalue weighted by Gasteiger charge is 2.10. The van der Waals surface area contributed by atoms with Crippen LogP contribution in [0.3, 0.4) is 0 Å². The van der Waals surface area contributed by atoms with E-state index in [2.05, 4.69) is 19.1 Å². The summed E-state index contributed by atoms with van der Waals surface area (Å²) in [4.78, 5) is 13.3. The highest BCUT2D eigenvalue weighted by molar-refractivity contribution is 5.69. The number of nitrogens with zero attached hydrogens (tertiary/aromatic N) is 1. The van der Waals surface area contributed by atoms with E-state index < -0.39 is 6.10 Å². The maximum atomic E-state index is 11.3. The van der Waals surface area contributed by atoms with Gasteiger partial charge in [0.1, 0.15) is 0 Å². The van der Waals surface area contributed by atoms with Gasteiger partial charge in [0.05, 0.1) is 19.1 Å². The van der Waals surface area contributed by atoms with Crippen molar-refractivity contribution in [2.24, 2.45) is 0 Å². The lowest BCUT2D eigenvalue weighted by Crippen LogP contribution is -2.25. The van der Waals surface area contributed by atoms with Gasteiger partial charge in [-0.3, -0.25) is 4.79 Å². The molecule has 0 saturated heterocycles. The molecule has 0 aromatic heterocycles. The van der Waals surface area contributed by atoms with Crippen molar-refractivity contribution in [2.75, 3.05) is 26.7 Å². The minimum absolute atomic E-state index is 0.165. The number of benzene rings is 1. The average Bonchev–Trinajstić information content (AvgIpc) is 2.52. The van der Waals surface area contributed by atoms with E-state index in [1.54, 1.807) is 0 Å². The van der Waals surface area contributed by atoms with Gasteiger partial charge >= 0.3 is 5.97 Å². The molecule has 1 unspecified atom stereocenters. The molecular weight excluding hydrogens is 278 g/mol. The van der Waals surface area contributed by atoms with E-state index in [1.807, 2.05) is 31.0 Å². The summed E-state index contributed by atoms with van der Waals surface area (Å²) in [5.74, 6) is -0.165. The summed E-state index contributed by atoms with van der Waals surface area (Å²) in [6, 6.07) is 8.20. The number of hydrogen-bond acceptors (Lipinski definition) is 4. The summed E-state index contributed by atoms with van der Waals surface area (Å²) in [5, 5.41) is 10.2. The van der Waals surface area contributed by atoms with Crippen molar-refractivity contribution in [2.45, 2.75) is 45.6 Å². The molecule has 0 spiro atoms. The molecule has 4 nitrogen and oxygen atoms in total. The minimum Gasteiger partial charge on any atom is -0.466 e.